The molecule has 11 aromatic carbocycles. The molecular weight excluding hydrogens is 913 g/mol. The van der Waals surface area contributed by atoms with Crippen LogP contribution in [0.15, 0.2) is 217 Å². The van der Waals surface area contributed by atoms with E-state index in [0.29, 0.717) is 6.61 Å². The molecule has 0 amide bonds. The Morgan fingerprint density at radius 3 is 1.56 bits per heavy atom. The molecular formula is C71H56N2O2. The predicted molar refractivity (Wildman–Crippen MR) is 319 cm³/mol. The lowest BCUT2D eigenvalue weighted by atomic mass is 9.91. The van der Waals surface area contributed by atoms with E-state index in [1.165, 1.54) is 77.1 Å². The monoisotopic (exact) mass is 968 g/mol. The van der Waals surface area contributed by atoms with Gasteiger partial charge in [0, 0.05) is 44.0 Å². The molecule has 2 heterocycles. The standard InChI is InChI=1S/C71H56N2O2/c1-43-16-14-21-52(42-74-65-26-10-8-22-57(43)65)55-36-32-53(40-48(55)6)72(69-44(2)17-12-18-45(69)3)63-38-30-50-29-35-62-64(39-31-51-28-34-61(63)67(50)68(51)62)73(70-46(4)19-13-20-47(70)5)54-33-37-56(49(7)41-54)59-24-15-25-60-58-23-9-11-27-66(58)75-71(59)60/h8-41H,1,42H2,2-7H3/b16-14-,52-21+. The molecule has 13 rings (SSSR count). The predicted octanol–water partition coefficient (Wildman–Crippen LogP) is 20.0. The maximum absolute atomic E-state index is 6.56. The van der Waals surface area contributed by atoms with Gasteiger partial charge >= 0.3 is 0 Å². The fourth-order valence-electron chi connectivity index (χ4n) is 12.0. The first kappa shape index (κ1) is 45.7. The van der Waals surface area contributed by atoms with Gasteiger partial charge in [-0.15, -0.1) is 0 Å². The number of anilines is 6. The molecule has 0 atom stereocenters. The van der Waals surface area contributed by atoms with Gasteiger partial charge in [-0.05, 0) is 167 Å². The van der Waals surface area contributed by atoms with Crippen LogP contribution < -0.4 is 14.5 Å². The lowest BCUT2D eigenvalue weighted by molar-refractivity contribution is 0.369. The number of ether oxygens (including phenoxy) is 1. The molecule has 362 valence electrons. The molecule has 1 aromatic heterocycles. The van der Waals surface area contributed by atoms with Crippen LogP contribution in [-0.4, -0.2) is 6.61 Å². The normalized spacial score (nSPS) is 13.9. The average Bonchev–Trinajstić information content (AvgIpc) is 3.89. The molecule has 0 aliphatic carbocycles. The van der Waals surface area contributed by atoms with Crippen molar-refractivity contribution >= 4 is 99.5 Å². The highest BCUT2D eigenvalue weighted by Gasteiger charge is 2.26. The van der Waals surface area contributed by atoms with Crippen molar-refractivity contribution < 1.29 is 9.15 Å². The van der Waals surface area contributed by atoms with Crippen molar-refractivity contribution in [3.05, 3.63) is 257 Å². The summed E-state index contributed by atoms with van der Waals surface area (Å²) in [5.41, 5.74) is 22.3. The number of para-hydroxylation sites is 5. The Kier molecular flexibility index (Phi) is 11.0. The van der Waals surface area contributed by atoms with Gasteiger partial charge in [0.25, 0.3) is 0 Å². The number of furan rings is 1. The maximum atomic E-state index is 6.56. The van der Waals surface area contributed by atoms with Gasteiger partial charge in [0.15, 0.2) is 0 Å². The van der Waals surface area contributed by atoms with Crippen LogP contribution in [-0.2, 0) is 0 Å². The molecule has 75 heavy (non-hydrogen) atoms. The molecule has 0 radical (unpaired) electrons. The molecule has 0 saturated heterocycles. The fourth-order valence-corrected chi connectivity index (χ4v) is 12.0. The van der Waals surface area contributed by atoms with Crippen molar-refractivity contribution in [3.63, 3.8) is 0 Å². The van der Waals surface area contributed by atoms with Crippen LogP contribution in [0.4, 0.5) is 34.1 Å². The van der Waals surface area contributed by atoms with E-state index in [1.807, 2.05) is 24.3 Å². The molecule has 0 N–H and O–H groups in total. The quantitative estimate of drug-likeness (QED) is 0.142. The summed E-state index contributed by atoms with van der Waals surface area (Å²) in [5.74, 6) is 0.840. The number of benzene rings is 11. The average molecular weight is 969 g/mol. The largest absolute Gasteiger partial charge is 0.488 e. The summed E-state index contributed by atoms with van der Waals surface area (Å²) >= 11 is 0. The first-order valence-electron chi connectivity index (χ1n) is 25.9. The zero-order chi connectivity index (χ0) is 51.1. The zero-order valence-corrected chi connectivity index (χ0v) is 43.3. The minimum absolute atomic E-state index is 0.443. The van der Waals surface area contributed by atoms with Gasteiger partial charge in [-0.25, -0.2) is 0 Å². The van der Waals surface area contributed by atoms with Crippen molar-refractivity contribution in [1.82, 2.24) is 0 Å². The van der Waals surface area contributed by atoms with Crippen LogP contribution in [0.3, 0.4) is 0 Å². The molecule has 1 aliphatic heterocycles. The summed E-state index contributed by atoms with van der Waals surface area (Å²) in [4.78, 5) is 4.98. The van der Waals surface area contributed by atoms with E-state index in [9.17, 15) is 0 Å². The Morgan fingerprint density at radius 1 is 0.427 bits per heavy atom. The smallest absolute Gasteiger partial charge is 0.143 e. The lowest BCUT2D eigenvalue weighted by Gasteiger charge is -2.32. The first-order valence-corrected chi connectivity index (χ1v) is 25.9. The van der Waals surface area contributed by atoms with Crippen molar-refractivity contribution in [2.24, 2.45) is 0 Å². The molecule has 4 nitrogen and oxygen atoms in total. The van der Waals surface area contributed by atoms with Crippen LogP contribution >= 0.6 is 0 Å². The van der Waals surface area contributed by atoms with E-state index >= 15 is 0 Å². The summed E-state index contributed by atoms with van der Waals surface area (Å²) < 4.78 is 13.1. The third-order valence-electron chi connectivity index (χ3n) is 15.6. The van der Waals surface area contributed by atoms with Gasteiger partial charge in [-0.2, -0.15) is 0 Å². The Morgan fingerprint density at radius 2 is 0.947 bits per heavy atom. The van der Waals surface area contributed by atoms with Gasteiger partial charge in [0.05, 0.1) is 22.7 Å². The zero-order valence-electron chi connectivity index (χ0n) is 43.3. The highest BCUT2D eigenvalue weighted by molar-refractivity contribution is 6.28. The second-order valence-electron chi connectivity index (χ2n) is 20.4. The van der Waals surface area contributed by atoms with Crippen molar-refractivity contribution in [2.75, 3.05) is 16.4 Å². The fraction of sp³-hybridized carbons (Fsp3) is 0.0986. The van der Waals surface area contributed by atoms with Crippen molar-refractivity contribution in [2.45, 2.75) is 41.5 Å². The molecule has 0 bridgehead atoms. The van der Waals surface area contributed by atoms with E-state index < -0.39 is 0 Å². The topological polar surface area (TPSA) is 28.9 Å². The molecule has 4 heteroatoms. The number of hydrogen-bond acceptors (Lipinski definition) is 4. The molecule has 0 saturated carbocycles. The Hall–Kier alpha value is -9.12. The third-order valence-corrected chi connectivity index (χ3v) is 15.6. The van der Waals surface area contributed by atoms with E-state index in [2.05, 4.69) is 240 Å². The maximum Gasteiger partial charge on any atom is 0.143 e. The summed E-state index contributed by atoms with van der Waals surface area (Å²) in [5, 5.41) is 9.58. The van der Waals surface area contributed by atoms with Gasteiger partial charge in [0.2, 0.25) is 0 Å². The Balaban J connectivity index is 0.968. The van der Waals surface area contributed by atoms with Crippen LogP contribution in [0.25, 0.3) is 76.5 Å². The van der Waals surface area contributed by atoms with Gasteiger partial charge in [-0.1, -0.05) is 164 Å². The van der Waals surface area contributed by atoms with Crippen molar-refractivity contribution in [3.8, 4) is 16.9 Å². The highest BCUT2D eigenvalue weighted by Crippen LogP contribution is 2.50. The highest BCUT2D eigenvalue weighted by atomic mass is 16.5. The number of allylic oxidation sites excluding steroid dienone is 4. The summed E-state index contributed by atoms with van der Waals surface area (Å²) in [7, 11) is 0. The Labute approximate surface area is 438 Å². The minimum Gasteiger partial charge on any atom is -0.488 e. The summed E-state index contributed by atoms with van der Waals surface area (Å²) in [6, 6.07) is 68.6. The number of rotatable bonds is 8. The van der Waals surface area contributed by atoms with E-state index in [4.69, 9.17) is 9.15 Å². The molecule has 0 spiro atoms. The van der Waals surface area contributed by atoms with Crippen LogP contribution in [0.2, 0.25) is 0 Å². The minimum atomic E-state index is 0.443. The van der Waals surface area contributed by atoms with E-state index in [-0.39, 0.29) is 0 Å². The third kappa shape index (κ3) is 7.59. The lowest BCUT2D eigenvalue weighted by Crippen LogP contribution is -2.14. The van der Waals surface area contributed by atoms with Crippen LogP contribution in [0.5, 0.6) is 5.75 Å². The van der Waals surface area contributed by atoms with Gasteiger partial charge < -0.3 is 19.0 Å². The molecule has 12 aromatic rings. The van der Waals surface area contributed by atoms with Gasteiger partial charge in [0.1, 0.15) is 23.5 Å². The molecule has 1 aliphatic rings. The number of nitrogens with zero attached hydrogens (tertiary/aromatic N) is 2. The molecule has 0 unspecified atom stereocenters. The van der Waals surface area contributed by atoms with Crippen LogP contribution in [0, 0.1) is 41.5 Å². The Bertz CT molecular complexity index is 4320. The van der Waals surface area contributed by atoms with Crippen LogP contribution in [0.1, 0.15) is 44.5 Å². The summed E-state index contributed by atoms with van der Waals surface area (Å²) in [6.45, 7) is 18.1. The number of fused-ring (bicyclic) bond motifs is 4. The number of hydrogen-bond donors (Lipinski definition) is 0. The first-order chi connectivity index (χ1) is 36.6. The summed E-state index contributed by atoms with van der Waals surface area (Å²) in [6.07, 6.45) is 6.33. The van der Waals surface area contributed by atoms with Gasteiger partial charge in [-0.3, -0.25) is 0 Å². The van der Waals surface area contributed by atoms with Crippen molar-refractivity contribution in [1.29, 1.82) is 0 Å². The SMILES string of the molecule is C=C1/C=C\C=C(\c2ccc(N(c3c(C)cccc3C)c3ccc4ccc5c(N(c6ccc(-c7cccc8c7oc7ccccc78)c(C)c6)c6c(C)cccc6C)ccc6ccc3c4c65)cc2C)COc2ccccc21. The number of aryl methyl sites for hydroxylation is 6. The van der Waals surface area contributed by atoms with E-state index in [0.717, 1.165) is 83.8 Å². The second-order valence-corrected chi connectivity index (χ2v) is 20.4. The molecule has 0 fully saturated rings. The second kappa shape index (κ2) is 18.1. The van der Waals surface area contributed by atoms with E-state index in [1.54, 1.807) is 0 Å².